The van der Waals surface area contributed by atoms with Crippen molar-refractivity contribution in [3.8, 4) is 0 Å². The minimum Gasteiger partial charge on any atom is -0.465 e. The molecule has 0 aliphatic carbocycles. The Labute approximate surface area is 145 Å². The number of aromatic nitrogens is 1. The molecule has 0 saturated heterocycles. The Morgan fingerprint density at radius 2 is 2.00 bits per heavy atom. The first-order chi connectivity index (χ1) is 11.4. The highest BCUT2D eigenvalue weighted by Crippen LogP contribution is 2.26. The van der Waals surface area contributed by atoms with E-state index in [-0.39, 0.29) is 12.3 Å². The van der Waals surface area contributed by atoms with Gasteiger partial charge in [-0.2, -0.15) is 0 Å². The smallest absolute Gasteiger partial charge is 0.337 e. The highest BCUT2D eigenvalue weighted by Gasteiger charge is 2.13. The number of rotatable bonds is 5. The summed E-state index contributed by atoms with van der Waals surface area (Å²) in [6.45, 7) is 0. The second-order valence-corrected chi connectivity index (χ2v) is 5.72. The van der Waals surface area contributed by atoms with Crippen LogP contribution in [0.1, 0.15) is 15.9 Å². The molecule has 6 nitrogen and oxygen atoms in total. The van der Waals surface area contributed by atoms with E-state index in [2.05, 4.69) is 10.3 Å². The lowest BCUT2D eigenvalue weighted by atomic mass is 10.1. The molecular weight excluding hydrogens is 330 g/mol. The van der Waals surface area contributed by atoms with Gasteiger partial charge in [-0.3, -0.25) is 4.79 Å². The lowest BCUT2D eigenvalue weighted by Gasteiger charge is -2.19. The molecule has 0 bridgehead atoms. The van der Waals surface area contributed by atoms with Gasteiger partial charge in [0.1, 0.15) is 5.15 Å². The highest BCUT2D eigenvalue weighted by molar-refractivity contribution is 6.29. The van der Waals surface area contributed by atoms with E-state index < -0.39 is 5.97 Å². The average molecular weight is 348 g/mol. The van der Waals surface area contributed by atoms with Gasteiger partial charge in [-0.15, -0.1) is 0 Å². The number of amides is 1. The molecule has 2 rings (SSSR count). The van der Waals surface area contributed by atoms with Crippen LogP contribution < -0.4 is 10.2 Å². The first-order valence-corrected chi connectivity index (χ1v) is 7.58. The van der Waals surface area contributed by atoms with Crippen LogP contribution in [0.2, 0.25) is 5.15 Å². The Kier molecular flexibility index (Phi) is 5.76. The fraction of sp³-hybridized carbons (Fsp3) is 0.235. The number of anilines is 2. The maximum Gasteiger partial charge on any atom is 0.337 e. The van der Waals surface area contributed by atoms with Crippen molar-refractivity contribution in [2.75, 3.05) is 31.4 Å². The van der Waals surface area contributed by atoms with Crippen LogP contribution in [0.3, 0.4) is 0 Å². The Morgan fingerprint density at radius 3 is 2.58 bits per heavy atom. The molecule has 1 aromatic heterocycles. The van der Waals surface area contributed by atoms with Crippen molar-refractivity contribution in [3.05, 3.63) is 52.8 Å². The second-order valence-electron chi connectivity index (χ2n) is 5.33. The summed E-state index contributed by atoms with van der Waals surface area (Å²) in [5.74, 6) is -0.615. The van der Waals surface area contributed by atoms with E-state index in [0.29, 0.717) is 22.1 Å². The van der Waals surface area contributed by atoms with Gasteiger partial charge in [0.2, 0.25) is 5.91 Å². The maximum absolute atomic E-state index is 12.2. The zero-order chi connectivity index (χ0) is 17.7. The monoisotopic (exact) mass is 347 g/mol. The van der Waals surface area contributed by atoms with Crippen LogP contribution in [0.4, 0.5) is 11.4 Å². The van der Waals surface area contributed by atoms with Gasteiger partial charge in [0.15, 0.2) is 0 Å². The minimum absolute atomic E-state index is 0.176. The summed E-state index contributed by atoms with van der Waals surface area (Å²) in [6.07, 6.45) is 1.74. The Hall–Kier alpha value is -2.60. The molecule has 7 heteroatoms. The molecule has 1 aromatic carbocycles. The van der Waals surface area contributed by atoms with Crippen LogP contribution in [0.15, 0.2) is 36.5 Å². The molecule has 0 atom stereocenters. The van der Waals surface area contributed by atoms with Crippen molar-refractivity contribution in [2.45, 2.75) is 6.42 Å². The number of benzene rings is 1. The molecule has 0 radical (unpaired) electrons. The van der Waals surface area contributed by atoms with Gasteiger partial charge in [-0.1, -0.05) is 17.7 Å². The number of hydrogen-bond acceptors (Lipinski definition) is 5. The molecule has 1 amide bonds. The van der Waals surface area contributed by atoms with Crippen LogP contribution in [-0.2, 0) is 16.0 Å². The summed E-state index contributed by atoms with van der Waals surface area (Å²) in [7, 11) is 4.98. The average Bonchev–Trinajstić information content (AvgIpc) is 2.56. The van der Waals surface area contributed by atoms with E-state index in [1.807, 2.05) is 19.0 Å². The first-order valence-electron chi connectivity index (χ1n) is 7.20. The van der Waals surface area contributed by atoms with E-state index in [9.17, 15) is 9.59 Å². The number of hydrogen-bond donors (Lipinski definition) is 1. The van der Waals surface area contributed by atoms with Crippen LogP contribution in [-0.4, -0.2) is 38.1 Å². The van der Waals surface area contributed by atoms with Gasteiger partial charge in [0, 0.05) is 20.3 Å². The fourth-order valence-corrected chi connectivity index (χ4v) is 2.25. The van der Waals surface area contributed by atoms with Gasteiger partial charge >= 0.3 is 5.97 Å². The summed E-state index contributed by atoms with van der Waals surface area (Å²) in [4.78, 5) is 29.6. The molecule has 0 unspecified atom stereocenters. The molecule has 0 saturated carbocycles. The molecular formula is C17H18ClN3O3. The number of methoxy groups -OCH3 is 1. The second kappa shape index (κ2) is 7.79. The molecule has 2 aromatic rings. The largest absolute Gasteiger partial charge is 0.465 e. The topological polar surface area (TPSA) is 71.5 Å². The third kappa shape index (κ3) is 4.45. The van der Waals surface area contributed by atoms with Crippen molar-refractivity contribution in [1.29, 1.82) is 0 Å². The molecule has 1 N–H and O–H groups in total. The van der Waals surface area contributed by atoms with Crippen LogP contribution in [0.5, 0.6) is 0 Å². The predicted octanol–water partition coefficient (Wildman–Crippen LogP) is 2.77. The van der Waals surface area contributed by atoms with Crippen molar-refractivity contribution >= 4 is 34.9 Å². The molecule has 0 fully saturated rings. The summed E-state index contributed by atoms with van der Waals surface area (Å²) >= 11 is 5.73. The van der Waals surface area contributed by atoms with E-state index in [0.717, 1.165) is 5.56 Å². The van der Waals surface area contributed by atoms with Crippen molar-refractivity contribution < 1.29 is 14.3 Å². The van der Waals surface area contributed by atoms with Gasteiger partial charge < -0.3 is 15.0 Å². The highest BCUT2D eigenvalue weighted by atomic mass is 35.5. The summed E-state index contributed by atoms with van der Waals surface area (Å²) < 4.78 is 4.72. The van der Waals surface area contributed by atoms with E-state index in [1.54, 1.807) is 36.5 Å². The Morgan fingerprint density at radius 1 is 1.25 bits per heavy atom. The van der Waals surface area contributed by atoms with E-state index in [4.69, 9.17) is 16.3 Å². The third-order valence-electron chi connectivity index (χ3n) is 3.33. The molecule has 0 spiro atoms. The Bertz CT molecular complexity index is 745. The van der Waals surface area contributed by atoms with E-state index >= 15 is 0 Å². The number of nitrogens with zero attached hydrogens (tertiary/aromatic N) is 2. The molecule has 0 aliphatic rings. The number of carbonyl (C=O) groups excluding carboxylic acids is 2. The SMILES string of the molecule is COC(=O)c1ccc(NC(=O)Cc2ccc(Cl)nc2)c(N(C)C)c1. The molecule has 24 heavy (non-hydrogen) atoms. The predicted molar refractivity (Wildman–Crippen MR) is 93.7 cm³/mol. The maximum atomic E-state index is 12.2. The molecule has 0 aliphatic heterocycles. The zero-order valence-electron chi connectivity index (χ0n) is 13.7. The van der Waals surface area contributed by atoms with Gasteiger partial charge in [-0.05, 0) is 29.8 Å². The third-order valence-corrected chi connectivity index (χ3v) is 3.55. The number of ether oxygens (including phenoxy) is 1. The van der Waals surface area contributed by atoms with Gasteiger partial charge in [0.05, 0.1) is 30.5 Å². The molecule has 126 valence electrons. The number of nitrogens with one attached hydrogen (secondary N) is 1. The molecule has 1 heterocycles. The number of pyridine rings is 1. The summed E-state index contributed by atoms with van der Waals surface area (Å²) in [6, 6.07) is 8.35. The summed E-state index contributed by atoms with van der Waals surface area (Å²) in [5, 5.41) is 3.23. The van der Waals surface area contributed by atoms with Gasteiger partial charge in [-0.25, -0.2) is 9.78 Å². The quantitative estimate of drug-likeness (QED) is 0.665. The van der Waals surface area contributed by atoms with Crippen LogP contribution >= 0.6 is 11.6 Å². The van der Waals surface area contributed by atoms with Crippen molar-refractivity contribution in [2.24, 2.45) is 0 Å². The lowest BCUT2D eigenvalue weighted by Crippen LogP contribution is -2.19. The number of halogens is 1. The normalized spacial score (nSPS) is 10.2. The summed E-state index contributed by atoms with van der Waals surface area (Å²) in [5.41, 5.74) is 2.50. The van der Waals surface area contributed by atoms with E-state index in [1.165, 1.54) is 7.11 Å². The van der Waals surface area contributed by atoms with Crippen LogP contribution in [0.25, 0.3) is 0 Å². The standard InChI is InChI=1S/C17H18ClN3O3/c1-21(2)14-9-12(17(23)24-3)5-6-13(14)20-16(22)8-11-4-7-15(18)19-10-11/h4-7,9-10H,8H2,1-3H3,(H,20,22). The fourth-order valence-electron chi connectivity index (χ4n) is 2.14. The van der Waals surface area contributed by atoms with Crippen molar-refractivity contribution in [3.63, 3.8) is 0 Å². The first kappa shape index (κ1) is 17.7. The van der Waals surface area contributed by atoms with Crippen LogP contribution in [0, 0.1) is 0 Å². The van der Waals surface area contributed by atoms with Gasteiger partial charge in [0.25, 0.3) is 0 Å². The Balaban J connectivity index is 2.17. The zero-order valence-corrected chi connectivity index (χ0v) is 14.4. The number of esters is 1. The number of carbonyl (C=O) groups is 2. The lowest BCUT2D eigenvalue weighted by molar-refractivity contribution is -0.115. The minimum atomic E-state index is -0.428. The van der Waals surface area contributed by atoms with Crippen molar-refractivity contribution in [1.82, 2.24) is 4.98 Å².